The maximum atomic E-state index is 5.58. The van der Waals surface area contributed by atoms with Gasteiger partial charge in [0.15, 0.2) is 5.82 Å². The van der Waals surface area contributed by atoms with E-state index in [9.17, 15) is 0 Å². The Labute approximate surface area is 102 Å². The van der Waals surface area contributed by atoms with Gasteiger partial charge >= 0.3 is 0 Å². The molecule has 0 amide bonds. The summed E-state index contributed by atoms with van der Waals surface area (Å²) in [5.74, 6) is 0.679. The number of unbranched alkanes of at least 4 members (excludes halogenated alkanes) is 1. The Morgan fingerprint density at radius 1 is 1.50 bits per heavy atom. The van der Waals surface area contributed by atoms with Gasteiger partial charge < -0.3 is 11.1 Å². The molecule has 0 spiro atoms. The second-order valence-electron chi connectivity index (χ2n) is 3.81. The second kappa shape index (κ2) is 6.37. The number of hydrogen-bond donors (Lipinski definition) is 2. The maximum Gasteiger partial charge on any atom is 0.155 e. The van der Waals surface area contributed by atoms with Crippen LogP contribution in [-0.2, 0) is 0 Å². The van der Waals surface area contributed by atoms with Gasteiger partial charge in [0.05, 0.1) is 0 Å². The number of nitrogens with two attached hydrogens (primary N) is 1. The van der Waals surface area contributed by atoms with Crippen LogP contribution in [0.4, 0.5) is 5.82 Å². The van der Waals surface area contributed by atoms with Crippen LogP contribution in [-0.4, -0.2) is 21.0 Å². The highest BCUT2D eigenvalue weighted by atomic mass is 32.1. The first-order valence-corrected chi connectivity index (χ1v) is 5.93. The molecule has 0 aliphatic heterocycles. The molecule has 1 rings (SSSR count). The van der Waals surface area contributed by atoms with Gasteiger partial charge in [-0.2, -0.15) is 0 Å². The van der Waals surface area contributed by atoms with Crippen LogP contribution in [0.1, 0.15) is 38.8 Å². The Morgan fingerprint density at radius 3 is 2.81 bits per heavy atom. The first-order chi connectivity index (χ1) is 7.65. The van der Waals surface area contributed by atoms with Crippen molar-refractivity contribution in [2.24, 2.45) is 5.73 Å². The monoisotopic (exact) mass is 238 g/mol. The lowest BCUT2D eigenvalue weighted by Crippen LogP contribution is -2.21. The highest BCUT2D eigenvalue weighted by molar-refractivity contribution is 7.80. The highest BCUT2D eigenvalue weighted by Crippen LogP contribution is 2.12. The lowest BCUT2D eigenvalue weighted by atomic mass is 10.1. The van der Waals surface area contributed by atoms with Crippen LogP contribution in [0.15, 0.2) is 12.4 Å². The number of hydrogen-bond acceptors (Lipinski definition) is 4. The molecule has 0 saturated heterocycles. The molecule has 4 nitrogen and oxygen atoms in total. The van der Waals surface area contributed by atoms with Crippen LogP contribution in [0.2, 0.25) is 0 Å². The van der Waals surface area contributed by atoms with E-state index >= 15 is 0 Å². The van der Waals surface area contributed by atoms with Crippen molar-refractivity contribution in [1.29, 1.82) is 0 Å². The third kappa shape index (κ3) is 3.73. The molecule has 1 atom stereocenters. The minimum Gasteiger partial charge on any atom is -0.388 e. The van der Waals surface area contributed by atoms with Crippen LogP contribution in [0.25, 0.3) is 0 Å². The number of rotatable bonds is 6. The van der Waals surface area contributed by atoms with E-state index in [-0.39, 0.29) is 4.99 Å². The van der Waals surface area contributed by atoms with Gasteiger partial charge in [-0.1, -0.05) is 32.0 Å². The number of nitrogens with one attached hydrogen (secondary N) is 1. The molecule has 0 aliphatic carbocycles. The minimum atomic E-state index is 0.276. The van der Waals surface area contributed by atoms with Gasteiger partial charge in [-0.15, -0.1) is 0 Å². The predicted molar refractivity (Wildman–Crippen MR) is 70.5 cm³/mol. The summed E-state index contributed by atoms with van der Waals surface area (Å²) in [6.45, 7) is 4.29. The van der Waals surface area contributed by atoms with Gasteiger partial charge in [-0.3, -0.25) is 0 Å². The Bertz CT molecular complexity index is 354. The number of aromatic nitrogens is 2. The van der Waals surface area contributed by atoms with E-state index in [1.807, 2.05) is 0 Å². The SMILES string of the molecule is CCCCC(C)Nc1nccnc1C(N)=S. The first-order valence-electron chi connectivity index (χ1n) is 5.52. The van der Waals surface area contributed by atoms with E-state index in [1.54, 1.807) is 12.4 Å². The standard InChI is InChI=1S/C11H18N4S/c1-3-4-5-8(2)15-11-9(10(12)16)13-6-7-14-11/h6-8H,3-5H2,1-2H3,(H2,12,16)(H,14,15). The van der Waals surface area contributed by atoms with Gasteiger partial charge in [-0.05, 0) is 13.3 Å². The van der Waals surface area contributed by atoms with Crippen molar-refractivity contribution in [1.82, 2.24) is 9.97 Å². The lowest BCUT2D eigenvalue weighted by Gasteiger charge is -2.15. The molecule has 1 unspecified atom stereocenters. The molecule has 1 heterocycles. The first kappa shape index (κ1) is 12.8. The normalized spacial score (nSPS) is 12.1. The van der Waals surface area contributed by atoms with Gasteiger partial charge in [0.1, 0.15) is 10.7 Å². The average Bonchev–Trinajstić information content (AvgIpc) is 2.27. The fraction of sp³-hybridized carbons (Fsp3) is 0.545. The third-order valence-corrected chi connectivity index (χ3v) is 2.50. The smallest absolute Gasteiger partial charge is 0.155 e. The summed E-state index contributed by atoms with van der Waals surface area (Å²) in [5, 5.41) is 3.29. The zero-order valence-corrected chi connectivity index (χ0v) is 10.5. The summed E-state index contributed by atoms with van der Waals surface area (Å²) < 4.78 is 0. The minimum absolute atomic E-state index is 0.276. The molecule has 0 saturated carbocycles. The van der Waals surface area contributed by atoms with Crippen molar-refractivity contribution >= 4 is 23.0 Å². The van der Waals surface area contributed by atoms with Crippen molar-refractivity contribution in [2.75, 3.05) is 5.32 Å². The Morgan fingerprint density at radius 2 is 2.19 bits per heavy atom. The average molecular weight is 238 g/mol. The Hall–Kier alpha value is -1.23. The van der Waals surface area contributed by atoms with Gasteiger partial charge in [0.25, 0.3) is 0 Å². The predicted octanol–water partition coefficient (Wildman–Crippen LogP) is 2.10. The van der Waals surface area contributed by atoms with Crippen LogP contribution in [0, 0.1) is 0 Å². The molecule has 0 aliphatic rings. The van der Waals surface area contributed by atoms with E-state index < -0.39 is 0 Å². The van der Waals surface area contributed by atoms with E-state index in [2.05, 4.69) is 29.1 Å². The summed E-state index contributed by atoms with van der Waals surface area (Å²) in [6.07, 6.45) is 6.71. The second-order valence-corrected chi connectivity index (χ2v) is 4.25. The fourth-order valence-electron chi connectivity index (χ4n) is 1.44. The zero-order valence-electron chi connectivity index (χ0n) is 9.73. The molecular weight excluding hydrogens is 220 g/mol. The van der Waals surface area contributed by atoms with Crippen LogP contribution in [0.5, 0.6) is 0 Å². The van der Waals surface area contributed by atoms with E-state index in [0.717, 1.165) is 6.42 Å². The van der Waals surface area contributed by atoms with Crippen molar-refractivity contribution in [3.63, 3.8) is 0 Å². The summed E-state index contributed by atoms with van der Waals surface area (Å²) in [5.41, 5.74) is 6.15. The summed E-state index contributed by atoms with van der Waals surface area (Å²) in [4.78, 5) is 8.60. The zero-order chi connectivity index (χ0) is 12.0. The lowest BCUT2D eigenvalue weighted by molar-refractivity contribution is 0.642. The van der Waals surface area contributed by atoms with Crippen molar-refractivity contribution in [3.8, 4) is 0 Å². The molecule has 1 aromatic rings. The van der Waals surface area contributed by atoms with Gasteiger partial charge in [0.2, 0.25) is 0 Å². The molecule has 0 radical (unpaired) electrons. The molecule has 0 aromatic carbocycles. The quantitative estimate of drug-likeness (QED) is 0.743. The molecule has 88 valence electrons. The van der Waals surface area contributed by atoms with Crippen molar-refractivity contribution in [3.05, 3.63) is 18.1 Å². The Balaban J connectivity index is 2.69. The van der Waals surface area contributed by atoms with Crippen LogP contribution >= 0.6 is 12.2 Å². The van der Waals surface area contributed by atoms with E-state index in [1.165, 1.54) is 12.8 Å². The molecule has 0 bridgehead atoms. The summed E-state index contributed by atoms with van der Waals surface area (Å²) in [7, 11) is 0. The third-order valence-electron chi connectivity index (χ3n) is 2.31. The molecule has 0 fully saturated rings. The number of thiocarbonyl (C=S) groups is 1. The maximum absolute atomic E-state index is 5.58. The largest absolute Gasteiger partial charge is 0.388 e. The molecule has 3 N–H and O–H groups in total. The number of nitrogens with zero attached hydrogens (tertiary/aromatic N) is 2. The van der Waals surface area contributed by atoms with Gasteiger partial charge in [0, 0.05) is 18.4 Å². The van der Waals surface area contributed by atoms with Gasteiger partial charge in [-0.25, -0.2) is 9.97 Å². The number of anilines is 1. The summed E-state index contributed by atoms with van der Waals surface area (Å²) in [6, 6.07) is 0.352. The van der Waals surface area contributed by atoms with Crippen LogP contribution in [0.3, 0.4) is 0 Å². The Kier molecular flexibility index (Phi) is 5.11. The van der Waals surface area contributed by atoms with E-state index in [4.69, 9.17) is 18.0 Å². The van der Waals surface area contributed by atoms with E-state index in [0.29, 0.717) is 17.6 Å². The van der Waals surface area contributed by atoms with Crippen LogP contribution < -0.4 is 11.1 Å². The highest BCUT2D eigenvalue weighted by Gasteiger charge is 2.09. The molecule has 16 heavy (non-hydrogen) atoms. The van der Waals surface area contributed by atoms with Crippen molar-refractivity contribution < 1.29 is 0 Å². The summed E-state index contributed by atoms with van der Waals surface area (Å²) >= 11 is 4.93. The van der Waals surface area contributed by atoms with Crippen molar-refractivity contribution in [2.45, 2.75) is 39.2 Å². The molecule has 1 aromatic heterocycles. The molecular formula is C11H18N4S. The topological polar surface area (TPSA) is 63.8 Å². The fourth-order valence-corrected chi connectivity index (χ4v) is 1.59. The molecule has 5 heteroatoms.